The number of aromatic hydroxyl groups is 1. The predicted molar refractivity (Wildman–Crippen MR) is 76.0 cm³/mol. The Kier molecular flexibility index (Phi) is 4.90. The van der Waals surface area contributed by atoms with Crippen molar-refractivity contribution in [3.05, 3.63) is 28.8 Å². The molecule has 1 N–H and O–H groups in total. The molecule has 0 aromatic heterocycles. The van der Waals surface area contributed by atoms with Crippen LogP contribution in [0, 0.1) is 5.92 Å². The molecule has 1 saturated carbocycles. The molecule has 2 nitrogen and oxygen atoms in total. The van der Waals surface area contributed by atoms with E-state index in [2.05, 4.69) is 11.9 Å². The summed E-state index contributed by atoms with van der Waals surface area (Å²) in [5.74, 6) is 1.12. The van der Waals surface area contributed by atoms with Crippen LogP contribution in [0.4, 0.5) is 0 Å². The summed E-state index contributed by atoms with van der Waals surface area (Å²) in [5, 5.41) is 10.5. The first kappa shape index (κ1) is 13.7. The van der Waals surface area contributed by atoms with E-state index in [0.29, 0.717) is 10.8 Å². The van der Waals surface area contributed by atoms with Gasteiger partial charge in [0.25, 0.3) is 0 Å². The molecule has 1 fully saturated rings. The van der Waals surface area contributed by atoms with Gasteiger partial charge >= 0.3 is 0 Å². The van der Waals surface area contributed by atoms with Crippen LogP contribution >= 0.6 is 11.6 Å². The maximum Gasteiger partial charge on any atom is 0.121 e. The van der Waals surface area contributed by atoms with Crippen LogP contribution in [0.1, 0.15) is 37.7 Å². The molecule has 2 rings (SSSR count). The first-order valence-electron chi connectivity index (χ1n) is 6.81. The second-order valence-corrected chi connectivity index (χ2v) is 5.85. The summed E-state index contributed by atoms with van der Waals surface area (Å²) in [6.45, 7) is 1.83. The lowest BCUT2D eigenvalue weighted by atomic mass is 9.89. The van der Waals surface area contributed by atoms with Gasteiger partial charge in [-0.3, -0.25) is 0 Å². The zero-order valence-electron chi connectivity index (χ0n) is 11.0. The fourth-order valence-corrected chi connectivity index (χ4v) is 3.08. The number of benzene rings is 1. The van der Waals surface area contributed by atoms with Gasteiger partial charge in [0.15, 0.2) is 0 Å². The first-order valence-corrected chi connectivity index (χ1v) is 7.19. The molecule has 1 aromatic rings. The van der Waals surface area contributed by atoms with Gasteiger partial charge in [-0.15, -0.1) is 0 Å². The van der Waals surface area contributed by atoms with Crippen LogP contribution in [-0.4, -0.2) is 23.6 Å². The molecular weight excluding hydrogens is 246 g/mol. The Morgan fingerprint density at radius 3 is 2.67 bits per heavy atom. The van der Waals surface area contributed by atoms with Crippen LogP contribution in [0.5, 0.6) is 5.75 Å². The lowest BCUT2D eigenvalue weighted by molar-refractivity contribution is 0.226. The van der Waals surface area contributed by atoms with Crippen molar-refractivity contribution in [1.29, 1.82) is 0 Å². The Bertz CT molecular complexity index is 368. The minimum Gasteiger partial charge on any atom is -0.508 e. The van der Waals surface area contributed by atoms with Crippen LogP contribution in [0.2, 0.25) is 5.02 Å². The van der Waals surface area contributed by atoms with Gasteiger partial charge in [-0.25, -0.2) is 0 Å². The quantitative estimate of drug-likeness (QED) is 0.889. The van der Waals surface area contributed by atoms with E-state index in [-0.39, 0.29) is 0 Å². The highest BCUT2D eigenvalue weighted by molar-refractivity contribution is 6.31. The van der Waals surface area contributed by atoms with E-state index in [0.717, 1.165) is 24.6 Å². The summed E-state index contributed by atoms with van der Waals surface area (Å²) >= 11 is 6.13. The second-order valence-electron chi connectivity index (χ2n) is 5.44. The van der Waals surface area contributed by atoms with Crippen molar-refractivity contribution in [3.63, 3.8) is 0 Å². The second kappa shape index (κ2) is 6.44. The van der Waals surface area contributed by atoms with Crippen LogP contribution in [0.15, 0.2) is 18.2 Å². The van der Waals surface area contributed by atoms with E-state index >= 15 is 0 Å². The standard InChI is InChI=1S/C15H22ClNO/c1-17(10-12-6-3-2-4-7-12)11-13-14(16)8-5-9-15(13)18/h5,8-9,12,18H,2-4,6-7,10-11H2,1H3. The molecule has 0 aliphatic heterocycles. The molecule has 3 heteroatoms. The van der Waals surface area contributed by atoms with Crippen molar-refractivity contribution in [3.8, 4) is 5.75 Å². The molecule has 0 bridgehead atoms. The number of hydrogen-bond acceptors (Lipinski definition) is 2. The van der Waals surface area contributed by atoms with Gasteiger partial charge in [0, 0.05) is 23.7 Å². The van der Waals surface area contributed by atoms with Crippen LogP contribution in [0.3, 0.4) is 0 Å². The fourth-order valence-electron chi connectivity index (χ4n) is 2.85. The van der Waals surface area contributed by atoms with E-state index in [1.165, 1.54) is 32.1 Å². The molecular formula is C15H22ClNO. The number of phenolic OH excluding ortho intramolecular Hbond substituents is 1. The molecule has 0 spiro atoms. The minimum absolute atomic E-state index is 0.304. The molecule has 18 heavy (non-hydrogen) atoms. The zero-order valence-corrected chi connectivity index (χ0v) is 11.8. The average molecular weight is 268 g/mol. The zero-order chi connectivity index (χ0) is 13.0. The Hall–Kier alpha value is -0.730. The van der Waals surface area contributed by atoms with Crippen LogP contribution in [0.25, 0.3) is 0 Å². The molecule has 1 aliphatic carbocycles. The Morgan fingerprint density at radius 1 is 1.28 bits per heavy atom. The molecule has 0 saturated heterocycles. The topological polar surface area (TPSA) is 23.5 Å². The van der Waals surface area contributed by atoms with Gasteiger partial charge in [0.05, 0.1) is 0 Å². The molecule has 1 aliphatic rings. The number of rotatable bonds is 4. The van der Waals surface area contributed by atoms with Gasteiger partial charge in [0.2, 0.25) is 0 Å². The predicted octanol–water partition coefficient (Wildman–Crippen LogP) is 4.06. The van der Waals surface area contributed by atoms with Crippen molar-refractivity contribution < 1.29 is 5.11 Å². The minimum atomic E-state index is 0.304. The number of hydrogen-bond donors (Lipinski definition) is 1. The average Bonchev–Trinajstić information content (AvgIpc) is 2.35. The summed E-state index contributed by atoms with van der Waals surface area (Å²) in [4.78, 5) is 2.27. The Morgan fingerprint density at radius 2 is 2.00 bits per heavy atom. The number of halogens is 1. The van der Waals surface area contributed by atoms with E-state index in [1.807, 2.05) is 6.07 Å². The maximum atomic E-state index is 9.83. The fraction of sp³-hybridized carbons (Fsp3) is 0.600. The molecule has 100 valence electrons. The van der Waals surface area contributed by atoms with Crippen molar-refractivity contribution in [1.82, 2.24) is 4.90 Å². The van der Waals surface area contributed by atoms with E-state index in [1.54, 1.807) is 12.1 Å². The largest absolute Gasteiger partial charge is 0.508 e. The molecule has 0 amide bonds. The van der Waals surface area contributed by atoms with Crippen molar-refractivity contribution >= 4 is 11.6 Å². The summed E-state index contributed by atoms with van der Waals surface area (Å²) in [6.07, 6.45) is 6.83. The third-order valence-corrected chi connectivity index (χ3v) is 4.17. The third-order valence-electron chi connectivity index (χ3n) is 3.82. The lowest BCUT2D eigenvalue weighted by Crippen LogP contribution is -2.26. The van der Waals surface area contributed by atoms with Gasteiger partial charge < -0.3 is 10.0 Å². The summed E-state index contributed by atoms with van der Waals surface area (Å²) in [5.41, 5.74) is 0.845. The van der Waals surface area contributed by atoms with E-state index in [4.69, 9.17) is 11.6 Å². The van der Waals surface area contributed by atoms with Gasteiger partial charge in [-0.05, 0) is 37.9 Å². The Labute approximate surface area is 115 Å². The smallest absolute Gasteiger partial charge is 0.121 e. The van der Waals surface area contributed by atoms with Crippen molar-refractivity contribution in [2.45, 2.75) is 38.6 Å². The monoisotopic (exact) mass is 267 g/mol. The number of phenols is 1. The summed E-state index contributed by atoms with van der Waals surface area (Å²) in [7, 11) is 2.11. The van der Waals surface area contributed by atoms with Crippen molar-refractivity contribution in [2.75, 3.05) is 13.6 Å². The highest BCUT2D eigenvalue weighted by Gasteiger charge is 2.16. The first-order chi connectivity index (χ1) is 8.66. The van der Waals surface area contributed by atoms with Crippen LogP contribution < -0.4 is 0 Å². The van der Waals surface area contributed by atoms with E-state index in [9.17, 15) is 5.11 Å². The lowest BCUT2D eigenvalue weighted by Gasteiger charge is -2.27. The van der Waals surface area contributed by atoms with Crippen molar-refractivity contribution in [2.24, 2.45) is 5.92 Å². The number of nitrogens with zero attached hydrogens (tertiary/aromatic N) is 1. The summed E-state index contributed by atoms with van der Waals surface area (Å²) in [6, 6.07) is 5.32. The Balaban J connectivity index is 1.92. The molecule has 0 radical (unpaired) electrons. The molecule has 1 aromatic carbocycles. The van der Waals surface area contributed by atoms with Gasteiger partial charge in [-0.2, -0.15) is 0 Å². The maximum absolute atomic E-state index is 9.83. The van der Waals surface area contributed by atoms with Crippen LogP contribution in [-0.2, 0) is 6.54 Å². The molecule has 0 atom stereocenters. The normalized spacial score (nSPS) is 17.3. The van der Waals surface area contributed by atoms with E-state index < -0.39 is 0 Å². The van der Waals surface area contributed by atoms with Gasteiger partial charge in [0.1, 0.15) is 5.75 Å². The summed E-state index contributed by atoms with van der Waals surface area (Å²) < 4.78 is 0. The van der Waals surface area contributed by atoms with Gasteiger partial charge in [-0.1, -0.05) is 36.9 Å². The molecule has 0 heterocycles. The SMILES string of the molecule is CN(Cc1c(O)cccc1Cl)CC1CCCCC1. The highest BCUT2D eigenvalue weighted by atomic mass is 35.5. The molecule has 0 unspecified atom stereocenters. The highest BCUT2D eigenvalue weighted by Crippen LogP contribution is 2.28. The third kappa shape index (κ3) is 3.63.